The van der Waals surface area contributed by atoms with Gasteiger partial charge in [0.2, 0.25) is 0 Å². The predicted molar refractivity (Wildman–Crippen MR) is 131 cm³/mol. The summed E-state index contributed by atoms with van der Waals surface area (Å²) in [6, 6.07) is 6.15. The van der Waals surface area contributed by atoms with E-state index in [4.69, 9.17) is 9.73 Å². The number of nitrogens with one attached hydrogen (secondary N) is 2. The van der Waals surface area contributed by atoms with Crippen molar-refractivity contribution in [3.05, 3.63) is 47.4 Å². The average Bonchev–Trinajstić information content (AvgIpc) is 3.47. The van der Waals surface area contributed by atoms with Crippen LogP contribution in [0, 0.1) is 11.8 Å². The fourth-order valence-electron chi connectivity index (χ4n) is 4.96. The van der Waals surface area contributed by atoms with Gasteiger partial charge in [-0.3, -0.25) is 4.99 Å². The van der Waals surface area contributed by atoms with Crippen molar-refractivity contribution < 1.29 is 4.74 Å². The van der Waals surface area contributed by atoms with Crippen LogP contribution in [0.25, 0.3) is 17.5 Å². The number of hydrogen-bond acceptors (Lipinski definition) is 2. The summed E-state index contributed by atoms with van der Waals surface area (Å²) in [4.78, 5) is 11.9. The van der Waals surface area contributed by atoms with Crippen LogP contribution < -0.4 is 4.74 Å². The molecule has 31 heavy (non-hydrogen) atoms. The van der Waals surface area contributed by atoms with Crippen molar-refractivity contribution in [2.24, 2.45) is 16.8 Å². The lowest BCUT2D eigenvalue weighted by molar-refractivity contribution is 0.414. The van der Waals surface area contributed by atoms with Crippen LogP contribution in [0.5, 0.6) is 5.75 Å². The molecular formula is C27H37N3O. The molecule has 4 rings (SSSR count). The molecule has 2 aliphatic rings. The monoisotopic (exact) mass is 419 g/mol. The van der Waals surface area contributed by atoms with Gasteiger partial charge in [-0.15, -0.1) is 0 Å². The van der Waals surface area contributed by atoms with Gasteiger partial charge in [0.1, 0.15) is 5.75 Å². The van der Waals surface area contributed by atoms with Crippen molar-refractivity contribution in [1.29, 1.82) is 0 Å². The van der Waals surface area contributed by atoms with E-state index in [9.17, 15) is 0 Å². The quantitative estimate of drug-likeness (QED) is 0.517. The maximum atomic E-state index is 5.70. The van der Waals surface area contributed by atoms with Crippen LogP contribution in [0.4, 0.5) is 0 Å². The number of methoxy groups -OCH3 is 1. The molecule has 1 aliphatic heterocycles. The molecule has 4 nitrogen and oxygen atoms in total. The molecule has 0 saturated carbocycles. The summed E-state index contributed by atoms with van der Waals surface area (Å²) >= 11 is 0. The molecule has 0 fully saturated rings. The molecule has 0 amide bonds. The fourth-order valence-corrected chi connectivity index (χ4v) is 4.96. The van der Waals surface area contributed by atoms with Gasteiger partial charge in [0.15, 0.2) is 0 Å². The molecule has 2 aromatic rings. The molecule has 1 aliphatic carbocycles. The Bertz CT molecular complexity index is 943. The highest BCUT2D eigenvalue weighted by molar-refractivity contribution is 6.00. The number of rotatable bonds is 5. The summed E-state index contributed by atoms with van der Waals surface area (Å²) in [6.07, 6.45) is 18.1. The van der Waals surface area contributed by atoms with E-state index >= 15 is 0 Å². The summed E-state index contributed by atoms with van der Waals surface area (Å²) < 4.78 is 5.70. The molecular weight excluding hydrogens is 382 g/mol. The lowest BCUT2D eigenvalue weighted by Gasteiger charge is -2.21. The summed E-state index contributed by atoms with van der Waals surface area (Å²) in [5, 5.41) is 0. The molecule has 0 aromatic carbocycles. The molecule has 1 atom stereocenters. The van der Waals surface area contributed by atoms with Gasteiger partial charge in [0, 0.05) is 18.0 Å². The van der Waals surface area contributed by atoms with Gasteiger partial charge in [-0.25, -0.2) is 0 Å². The minimum absolute atomic E-state index is 0.579. The van der Waals surface area contributed by atoms with Gasteiger partial charge in [-0.2, -0.15) is 0 Å². The summed E-state index contributed by atoms with van der Waals surface area (Å²) in [6.45, 7) is 4.68. The van der Waals surface area contributed by atoms with Crippen molar-refractivity contribution in [2.75, 3.05) is 7.11 Å². The van der Waals surface area contributed by atoms with Gasteiger partial charge >= 0.3 is 0 Å². The number of aliphatic imine (C=N–C) groups is 1. The number of ether oxygens (including phenoxy) is 1. The van der Waals surface area contributed by atoms with Crippen molar-refractivity contribution in [2.45, 2.75) is 71.6 Å². The molecule has 2 aromatic heterocycles. The van der Waals surface area contributed by atoms with Gasteiger partial charge in [0.25, 0.3) is 0 Å². The number of hydrogen-bond donors (Lipinski definition) is 2. The fraction of sp³-hybridized carbons (Fsp3) is 0.519. The van der Waals surface area contributed by atoms with Crippen LogP contribution in [-0.4, -0.2) is 22.8 Å². The third-order valence-electron chi connectivity index (χ3n) is 6.51. The number of allylic oxidation sites excluding steroid dienone is 2. The molecule has 2 N–H and O–H groups in total. The number of fused-ring (bicyclic) bond motifs is 1. The van der Waals surface area contributed by atoms with Crippen molar-refractivity contribution in [1.82, 2.24) is 9.97 Å². The standard InChI is InChI=1S/C27H37N3O/c1-19(2)15-20-11-8-6-4-5-7-9-12-21-16-22(20)24(29-21)17-26-27(31-3)18-25(30-26)23-13-10-14-28-23/h10,13-14,16-20,28,30H,4-9,11-12,15H2,1-3H3/t20-/m1/s1. The van der Waals surface area contributed by atoms with Crippen LogP contribution in [-0.2, 0) is 0 Å². The van der Waals surface area contributed by atoms with E-state index in [-0.39, 0.29) is 0 Å². The zero-order valence-corrected chi connectivity index (χ0v) is 19.3. The van der Waals surface area contributed by atoms with E-state index in [1.54, 1.807) is 7.11 Å². The maximum Gasteiger partial charge on any atom is 0.144 e. The highest BCUT2D eigenvalue weighted by Gasteiger charge is 2.25. The van der Waals surface area contributed by atoms with Gasteiger partial charge < -0.3 is 14.7 Å². The van der Waals surface area contributed by atoms with Crippen LogP contribution >= 0.6 is 0 Å². The second-order valence-corrected chi connectivity index (χ2v) is 9.47. The first kappa shape index (κ1) is 21.7. The summed E-state index contributed by atoms with van der Waals surface area (Å²) in [5.41, 5.74) is 6.90. The molecule has 4 heteroatoms. The lowest BCUT2D eigenvalue weighted by atomic mass is 9.84. The Morgan fingerprint density at radius 1 is 1.13 bits per heavy atom. The van der Waals surface area contributed by atoms with E-state index in [1.807, 2.05) is 12.3 Å². The number of aromatic nitrogens is 2. The number of H-pyrrole nitrogens is 2. The van der Waals surface area contributed by atoms with E-state index in [2.05, 4.69) is 48.1 Å². The SMILES string of the molecule is COc1cc(-c2ccc[nH]2)[nH]c1C=C1N=C2C=C1[C@@H](CC(C)C)CCCCCCCC2. The highest BCUT2D eigenvalue weighted by atomic mass is 16.5. The van der Waals surface area contributed by atoms with Gasteiger partial charge in [0.05, 0.1) is 29.9 Å². The van der Waals surface area contributed by atoms with Crippen LogP contribution in [0.1, 0.15) is 77.3 Å². The Morgan fingerprint density at radius 3 is 2.68 bits per heavy atom. The van der Waals surface area contributed by atoms with Crippen molar-refractivity contribution >= 4 is 11.8 Å². The predicted octanol–water partition coefficient (Wildman–Crippen LogP) is 7.54. The largest absolute Gasteiger partial charge is 0.494 e. The third kappa shape index (κ3) is 5.41. The number of nitrogens with zero attached hydrogens (tertiary/aromatic N) is 1. The van der Waals surface area contributed by atoms with E-state index in [1.165, 1.54) is 62.7 Å². The minimum atomic E-state index is 0.579. The van der Waals surface area contributed by atoms with E-state index in [0.717, 1.165) is 34.9 Å². The normalized spacial score (nSPS) is 21.5. The van der Waals surface area contributed by atoms with Crippen LogP contribution in [0.3, 0.4) is 0 Å². The molecule has 0 radical (unpaired) electrons. The molecule has 0 spiro atoms. The summed E-state index contributed by atoms with van der Waals surface area (Å²) in [7, 11) is 1.74. The second kappa shape index (κ2) is 10.2. The van der Waals surface area contributed by atoms with Crippen molar-refractivity contribution in [3.8, 4) is 17.1 Å². The maximum absolute atomic E-state index is 5.70. The Hall–Kier alpha value is -2.49. The van der Waals surface area contributed by atoms with E-state index in [0.29, 0.717) is 11.8 Å². The number of aromatic amines is 2. The smallest absolute Gasteiger partial charge is 0.144 e. The average molecular weight is 420 g/mol. The zero-order valence-electron chi connectivity index (χ0n) is 19.3. The Morgan fingerprint density at radius 2 is 1.94 bits per heavy atom. The minimum Gasteiger partial charge on any atom is -0.494 e. The van der Waals surface area contributed by atoms with Gasteiger partial charge in [-0.05, 0) is 67.4 Å². The van der Waals surface area contributed by atoms with E-state index < -0.39 is 0 Å². The Kier molecular flexibility index (Phi) is 7.16. The third-order valence-corrected chi connectivity index (χ3v) is 6.51. The molecule has 0 saturated heterocycles. The first-order valence-electron chi connectivity index (χ1n) is 12.1. The Labute approximate surface area is 186 Å². The molecule has 0 unspecified atom stereocenters. The van der Waals surface area contributed by atoms with Crippen LogP contribution in [0.2, 0.25) is 0 Å². The first-order valence-corrected chi connectivity index (χ1v) is 12.1. The second-order valence-electron chi connectivity index (χ2n) is 9.47. The first-order chi connectivity index (χ1) is 15.1. The highest BCUT2D eigenvalue weighted by Crippen LogP contribution is 2.38. The Balaban J connectivity index is 1.69. The van der Waals surface area contributed by atoms with Crippen LogP contribution in [0.15, 0.2) is 46.7 Å². The lowest BCUT2D eigenvalue weighted by Crippen LogP contribution is -2.09. The topological polar surface area (TPSA) is 53.2 Å². The van der Waals surface area contributed by atoms with Crippen molar-refractivity contribution in [3.63, 3.8) is 0 Å². The molecule has 2 bridgehead atoms. The summed E-state index contributed by atoms with van der Waals surface area (Å²) in [5.74, 6) is 2.12. The van der Waals surface area contributed by atoms with Gasteiger partial charge in [-0.1, -0.05) is 46.0 Å². The molecule has 166 valence electrons. The zero-order chi connectivity index (χ0) is 21.6. The molecule has 3 heterocycles.